The Kier molecular flexibility index (Phi) is 6.06. The van der Waals surface area contributed by atoms with Crippen LogP contribution in [-0.4, -0.2) is 16.5 Å². The van der Waals surface area contributed by atoms with E-state index in [4.69, 9.17) is 16.7 Å². The minimum absolute atomic E-state index is 0.477. The molecule has 3 heteroatoms. The van der Waals surface area contributed by atoms with Crippen molar-refractivity contribution in [2.24, 2.45) is 0 Å². The van der Waals surface area contributed by atoms with Gasteiger partial charge in [-0.2, -0.15) is 0 Å². The number of halogens is 1. The third-order valence-corrected chi connectivity index (χ3v) is 3.20. The molecule has 0 saturated carbocycles. The fraction of sp³-hybridized carbons (Fsp3) is 0.500. The Labute approximate surface area is 108 Å². The molecular formula is C14H19ClO2. The topological polar surface area (TPSA) is 37.3 Å². The van der Waals surface area contributed by atoms with Crippen LogP contribution >= 0.6 is 11.6 Å². The summed E-state index contributed by atoms with van der Waals surface area (Å²) in [6.07, 6.45) is 4.72. The molecule has 17 heavy (non-hydrogen) atoms. The van der Waals surface area contributed by atoms with Crippen molar-refractivity contribution in [3.05, 3.63) is 35.4 Å². The summed E-state index contributed by atoms with van der Waals surface area (Å²) >= 11 is 5.67. The van der Waals surface area contributed by atoms with Gasteiger partial charge in [-0.1, -0.05) is 37.6 Å². The molecule has 0 amide bonds. The summed E-state index contributed by atoms with van der Waals surface area (Å²) in [6, 6.07) is 8.37. The van der Waals surface area contributed by atoms with Crippen molar-refractivity contribution >= 4 is 17.6 Å². The Bertz CT molecular complexity index is 346. The van der Waals surface area contributed by atoms with Crippen LogP contribution in [0, 0.1) is 0 Å². The highest BCUT2D eigenvalue weighted by Crippen LogP contribution is 2.12. The minimum Gasteiger partial charge on any atom is -0.480 e. The van der Waals surface area contributed by atoms with Crippen LogP contribution in [-0.2, 0) is 17.6 Å². The molecule has 94 valence electrons. The highest BCUT2D eigenvalue weighted by Gasteiger charge is 2.12. The number of carboxylic acid groups (broad SMARTS) is 1. The number of aryl methyl sites for hydroxylation is 2. The maximum atomic E-state index is 10.6. The zero-order chi connectivity index (χ0) is 12.7. The molecule has 0 bridgehead atoms. The smallest absolute Gasteiger partial charge is 0.321 e. The van der Waals surface area contributed by atoms with Gasteiger partial charge in [0, 0.05) is 0 Å². The maximum absolute atomic E-state index is 10.6. The third kappa shape index (κ3) is 5.22. The fourth-order valence-electron chi connectivity index (χ4n) is 1.67. The number of carbonyl (C=O) groups is 1. The maximum Gasteiger partial charge on any atom is 0.321 e. The SMILES string of the molecule is CCCCc1ccc(CCC(Cl)C(=O)O)cc1. The molecule has 0 spiro atoms. The molecule has 2 nitrogen and oxygen atoms in total. The van der Waals surface area contributed by atoms with E-state index in [0.717, 1.165) is 12.0 Å². The quantitative estimate of drug-likeness (QED) is 0.754. The molecule has 1 atom stereocenters. The molecule has 0 aliphatic carbocycles. The number of hydrogen-bond acceptors (Lipinski definition) is 1. The minimum atomic E-state index is -0.939. The van der Waals surface area contributed by atoms with Gasteiger partial charge in [-0.3, -0.25) is 4.79 Å². The Morgan fingerprint density at radius 1 is 1.24 bits per heavy atom. The van der Waals surface area contributed by atoms with Crippen LogP contribution in [0.3, 0.4) is 0 Å². The Morgan fingerprint density at radius 2 is 1.76 bits per heavy atom. The monoisotopic (exact) mass is 254 g/mol. The summed E-state index contributed by atoms with van der Waals surface area (Å²) in [4.78, 5) is 10.6. The lowest BCUT2D eigenvalue weighted by molar-refractivity contribution is -0.136. The summed E-state index contributed by atoms with van der Waals surface area (Å²) in [5.41, 5.74) is 2.49. The zero-order valence-corrected chi connectivity index (χ0v) is 10.9. The second kappa shape index (κ2) is 7.33. The normalized spacial score (nSPS) is 12.4. The van der Waals surface area contributed by atoms with Crippen molar-refractivity contribution in [3.63, 3.8) is 0 Å². The van der Waals surface area contributed by atoms with E-state index in [0.29, 0.717) is 12.8 Å². The van der Waals surface area contributed by atoms with Gasteiger partial charge >= 0.3 is 5.97 Å². The van der Waals surface area contributed by atoms with E-state index in [-0.39, 0.29) is 0 Å². The van der Waals surface area contributed by atoms with Gasteiger partial charge in [-0.15, -0.1) is 11.6 Å². The van der Waals surface area contributed by atoms with Crippen LogP contribution in [0.25, 0.3) is 0 Å². The van der Waals surface area contributed by atoms with E-state index in [1.54, 1.807) is 0 Å². The van der Waals surface area contributed by atoms with E-state index in [2.05, 4.69) is 31.2 Å². The van der Waals surface area contributed by atoms with Crippen molar-refractivity contribution < 1.29 is 9.90 Å². The molecule has 1 rings (SSSR count). The van der Waals surface area contributed by atoms with E-state index in [9.17, 15) is 4.79 Å². The second-order valence-electron chi connectivity index (χ2n) is 4.26. The van der Waals surface area contributed by atoms with Crippen molar-refractivity contribution in [2.75, 3.05) is 0 Å². The molecule has 0 heterocycles. The van der Waals surface area contributed by atoms with Gasteiger partial charge in [0.25, 0.3) is 0 Å². The molecular weight excluding hydrogens is 236 g/mol. The van der Waals surface area contributed by atoms with Gasteiger partial charge in [0.05, 0.1) is 0 Å². The van der Waals surface area contributed by atoms with E-state index < -0.39 is 11.3 Å². The molecule has 0 fully saturated rings. The van der Waals surface area contributed by atoms with Crippen LogP contribution in [0.5, 0.6) is 0 Å². The first-order chi connectivity index (χ1) is 8.13. The Balaban J connectivity index is 2.42. The lowest BCUT2D eigenvalue weighted by Crippen LogP contribution is -2.13. The summed E-state index contributed by atoms with van der Waals surface area (Å²) in [7, 11) is 0. The molecule has 1 N–H and O–H groups in total. The van der Waals surface area contributed by atoms with Crippen LogP contribution in [0.15, 0.2) is 24.3 Å². The largest absolute Gasteiger partial charge is 0.480 e. The molecule has 1 aromatic rings. The molecule has 0 aromatic heterocycles. The number of benzene rings is 1. The number of alkyl halides is 1. The second-order valence-corrected chi connectivity index (χ2v) is 4.79. The predicted octanol–water partition coefficient (Wildman–Crippen LogP) is 3.65. The first kappa shape index (κ1) is 14.0. The molecule has 0 radical (unpaired) electrons. The fourth-order valence-corrected chi connectivity index (χ4v) is 1.78. The molecule has 1 unspecified atom stereocenters. The summed E-state index contributed by atoms with van der Waals surface area (Å²) in [5, 5.41) is 7.89. The van der Waals surface area contributed by atoms with Crippen LogP contribution in [0.4, 0.5) is 0 Å². The lowest BCUT2D eigenvalue weighted by Gasteiger charge is -2.05. The lowest BCUT2D eigenvalue weighted by atomic mass is 10.0. The van der Waals surface area contributed by atoms with Gasteiger partial charge < -0.3 is 5.11 Å². The third-order valence-electron chi connectivity index (χ3n) is 2.80. The highest BCUT2D eigenvalue weighted by molar-refractivity contribution is 6.29. The van der Waals surface area contributed by atoms with Crippen LogP contribution in [0.1, 0.15) is 37.3 Å². The standard InChI is InChI=1S/C14H19ClO2/c1-2-3-4-11-5-7-12(8-6-11)9-10-13(15)14(16)17/h5-8,13H,2-4,9-10H2,1H3,(H,16,17). The van der Waals surface area contributed by atoms with Crippen molar-refractivity contribution in [1.82, 2.24) is 0 Å². The first-order valence-electron chi connectivity index (χ1n) is 6.08. The van der Waals surface area contributed by atoms with Gasteiger partial charge in [0.2, 0.25) is 0 Å². The predicted molar refractivity (Wildman–Crippen MR) is 70.7 cm³/mol. The highest BCUT2D eigenvalue weighted by atomic mass is 35.5. The van der Waals surface area contributed by atoms with E-state index in [1.165, 1.54) is 18.4 Å². The molecule has 0 aliphatic heterocycles. The first-order valence-corrected chi connectivity index (χ1v) is 6.51. The van der Waals surface area contributed by atoms with Crippen molar-refractivity contribution in [1.29, 1.82) is 0 Å². The molecule has 0 aliphatic rings. The number of aliphatic carboxylic acids is 1. The van der Waals surface area contributed by atoms with Gasteiger partial charge in [-0.05, 0) is 36.8 Å². The number of rotatable bonds is 7. The Morgan fingerprint density at radius 3 is 2.24 bits per heavy atom. The van der Waals surface area contributed by atoms with Crippen LogP contribution < -0.4 is 0 Å². The van der Waals surface area contributed by atoms with Crippen molar-refractivity contribution in [3.8, 4) is 0 Å². The summed E-state index contributed by atoms with van der Waals surface area (Å²) < 4.78 is 0. The average molecular weight is 255 g/mol. The molecule has 0 saturated heterocycles. The Hall–Kier alpha value is -1.02. The zero-order valence-electron chi connectivity index (χ0n) is 10.2. The van der Waals surface area contributed by atoms with Gasteiger partial charge in [0.15, 0.2) is 0 Å². The number of unbranched alkanes of at least 4 members (excludes halogenated alkanes) is 1. The van der Waals surface area contributed by atoms with Crippen molar-refractivity contribution in [2.45, 2.75) is 44.4 Å². The average Bonchev–Trinajstić information content (AvgIpc) is 2.34. The van der Waals surface area contributed by atoms with E-state index >= 15 is 0 Å². The number of carboxylic acids is 1. The molecule has 1 aromatic carbocycles. The van der Waals surface area contributed by atoms with Gasteiger partial charge in [-0.25, -0.2) is 0 Å². The summed E-state index contributed by atoms with van der Waals surface area (Å²) in [5.74, 6) is -0.939. The van der Waals surface area contributed by atoms with E-state index in [1.807, 2.05) is 0 Å². The summed E-state index contributed by atoms with van der Waals surface area (Å²) in [6.45, 7) is 2.18. The number of hydrogen-bond donors (Lipinski definition) is 1. The van der Waals surface area contributed by atoms with Gasteiger partial charge in [0.1, 0.15) is 5.38 Å². The van der Waals surface area contributed by atoms with Crippen LogP contribution in [0.2, 0.25) is 0 Å².